The Hall–Kier alpha value is -1.96. The first-order valence-corrected chi connectivity index (χ1v) is 5.80. The van der Waals surface area contributed by atoms with Crippen LogP contribution < -0.4 is 14.7 Å². The van der Waals surface area contributed by atoms with Gasteiger partial charge in [0.15, 0.2) is 0 Å². The molecule has 0 unspecified atom stereocenters. The molecule has 1 N–H and O–H groups in total. The van der Waals surface area contributed by atoms with Crippen LogP contribution in [0.2, 0.25) is 0 Å². The second-order valence-electron chi connectivity index (χ2n) is 5.10. The number of methoxy groups -OCH3 is 1. The molecular formula is C11H21N6O2+. The molecule has 0 aliphatic heterocycles. The Bertz CT molecular complexity index is 455. The molecular weight excluding hydrogens is 248 g/mol. The number of carbonyl (C=O) groups is 1. The smallest absolute Gasteiger partial charge is 0.334 e. The summed E-state index contributed by atoms with van der Waals surface area (Å²) in [4.78, 5) is 25.8. The van der Waals surface area contributed by atoms with Crippen LogP contribution in [0.1, 0.15) is 0 Å². The average Bonchev–Trinajstić information content (AvgIpc) is 2.34. The predicted molar refractivity (Wildman–Crippen MR) is 74.2 cm³/mol. The van der Waals surface area contributed by atoms with Crippen LogP contribution in [-0.4, -0.2) is 69.8 Å². The van der Waals surface area contributed by atoms with Crippen molar-refractivity contribution in [2.45, 2.75) is 0 Å². The number of ether oxygens (including phenoxy) is 1. The fourth-order valence-electron chi connectivity index (χ4n) is 1.16. The third kappa shape index (κ3) is 4.32. The van der Waals surface area contributed by atoms with Crippen molar-refractivity contribution in [3.05, 3.63) is 0 Å². The number of quaternary nitrogens is 1. The third-order valence-corrected chi connectivity index (χ3v) is 2.23. The maximum atomic E-state index is 11.1. The summed E-state index contributed by atoms with van der Waals surface area (Å²) in [5.74, 6) is 1.11. The van der Waals surface area contributed by atoms with Crippen molar-refractivity contribution < 1.29 is 9.53 Å². The molecule has 0 amide bonds. The number of rotatable bonds is 5. The topological polar surface area (TPSA) is 80.2 Å². The molecule has 106 valence electrons. The van der Waals surface area contributed by atoms with Gasteiger partial charge in [0.1, 0.15) is 6.54 Å². The summed E-state index contributed by atoms with van der Waals surface area (Å²) in [6.07, 6.45) is 0. The number of anilines is 2. The molecule has 1 aromatic rings. The summed E-state index contributed by atoms with van der Waals surface area (Å²) in [5.41, 5.74) is 0. The zero-order chi connectivity index (χ0) is 14.6. The van der Waals surface area contributed by atoms with Crippen molar-refractivity contribution in [3.63, 3.8) is 0 Å². The molecule has 0 saturated carbocycles. The van der Waals surface area contributed by atoms with Crippen molar-refractivity contribution >= 4 is 23.8 Å². The Balaban J connectivity index is 3.03. The van der Waals surface area contributed by atoms with Gasteiger partial charge >= 0.3 is 11.9 Å². The molecule has 1 heterocycles. The van der Waals surface area contributed by atoms with Gasteiger partial charge in [-0.3, -0.25) is 9.28 Å². The highest BCUT2D eigenvalue weighted by Crippen LogP contribution is 2.16. The van der Waals surface area contributed by atoms with Gasteiger partial charge < -0.3 is 15.0 Å². The molecule has 0 bridgehead atoms. The number of hydrogen-bond acceptors (Lipinski definition) is 7. The van der Waals surface area contributed by atoms with Crippen LogP contribution in [0.25, 0.3) is 0 Å². The summed E-state index contributed by atoms with van der Waals surface area (Å²) in [6, 6.07) is 0. The Labute approximate surface area is 113 Å². The number of nitrogens with one attached hydrogen (secondary N) is 1. The number of nitrogens with zero attached hydrogens (tertiary/aromatic N) is 5. The standard InChI is InChI=1S/C11H21N6O2/c1-16(2)10-13-9(12-7-8(18)19-6)14-11(15-10)17(3,4)5/h7H2,1-6H3,(H,12,13,14,15)/q+1. The molecule has 0 fully saturated rings. The molecule has 0 atom stereocenters. The van der Waals surface area contributed by atoms with E-state index in [-0.39, 0.29) is 12.5 Å². The molecule has 0 aliphatic carbocycles. The van der Waals surface area contributed by atoms with E-state index in [4.69, 9.17) is 0 Å². The van der Waals surface area contributed by atoms with Crippen LogP contribution in [0.15, 0.2) is 0 Å². The lowest BCUT2D eigenvalue weighted by Gasteiger charge is -2.22. The van der Waals surface area contributed by atoms with Gasteiger partial charge in [0, 0.05) is 14.1 Å². The highest BCUT2D eigenvalue weighted by Gasteiger charge is 2.20. The van der Waals surface area contributed by atoms with Gasteiger partial charge in [-0.25, -0.2) is 0 Å². The third-order valence-electron chi connectivity index (χ3n) is 2.23. The van der Waals surface area contributed by atoms with Crippen LogP contribution in [-0.2, 0) is 9.53 Å². The first-order valence-electron chi connectivity index (χ1n) is 5.80. The summed E-state index contributed by atoms with van der Waals surface area (Å²) in [7, 11) is 10.9. The second-order valence-corrected chi connectivity index (χ2v) is 5.10. The predicted octanol–water partition coefficient (Wildman–Crippen LogP) is -0.281. The Morgan fingerprint density at radius 3 is 2.37 bits per heavy atom. The molecule has 1 aromatic heterocycles. The lowest BCUT2D eigenvalue weighted by molar-refractivity contribution is -0.138. The van der Waals surface area contributed by atoms with E-state index in [2.05, 4.69) is 25.0 Å². The van der Waals surface area contributed by atoms with Crippen molar-refractivity contribution in [1.29, 1.82) is 0 Å². The van der Waals surface area contributed by atoms with Gasteiger partial charge in [0.05, 0.1) is 28.3 Å². The van der Waals surface area contributed by atoms with E-state index in [0.29, 0.717) is 22.3 Å². The zero-order valence-electron chi connectivity index (χ0n) is 12.3. The maximum absolute atomic E-state index is 11.1. The minimum atomic E-state index is -0.376. The van der Waals surface area contributed by atoms with Gasteiger partial charge in [0.25, 0.3) is 0 Å². The SMILES string of the molecule is COC(=O)CNc1nc(N(C)C)nc([N+](C)(C)C)n1. The van der Waals surface area contributed by atoms with Gasteiger partial charge in [0.2, 0.25) is 11.9 Å². The molecule has 0 spiro atoms. The van der Waals surface area contributed by atoms with Crippen LogP contribution in [0.3, 0.4) is 0 Å². The van der Waals surface area contributed by atoms with E-state index in [0.717, 1.165) is 0 Å². The molecule has 0 aromatic carbocycles. The van der Waals surface area contributed by atoms with E-state index in [1.54, 1.807) is 4.90 Å². The van der Waals surface area contributed by atoms with E-state index in [1.807, 2.05) is 35.2 Å². The van der Waals surface area contributed by atoms with E-state index in [9.17, 15) is 4.79 Å². The molecule has 0 radical (unpaired) electrons. The molecule has 0 saturated heterocycles. The highest BCUT2D eigenvalue weighted by atomic mass is 16.5. The highest BCUT2D eigenvalue weighted by molar-refractivity contribution is 5.74. The minimum absolute atomic E-state index is 0.0178. The first-order chi connectivity index (χ1) is 8.74. The molecule has 8 nitrogen and oxygen atoms in total. The minimum Gasteiger partial charge on any atom is -0.468 e. The Morgan fingerprint density at radius 2 is 1.89 bits per heavy atom. The molecule has 8 heteroatoms. The van der Waals surface area contributed by atoms with Crippen molar-refractivity contribution in [2.24, 2.45) is 0 Å². The lowest BCUT2D eigenvalue weighted by Crippen LogP contribution is -2.37. The largest absolute Gasteiger partial charge is 0.468 e. The van der Waals surface area contributed by atoms with Crippen molar-refractivity contribution in [3.8, 4) is 0 Å². The van der Waals surface area contributed by atoms with E-state index in [1.165, 1.54) is 7.11 Å². The maximum Gasteiger partial charge on any atom is 0.334 e. The van der Waals surface area contributed by atoms with E-state index >= 15 is 0 Å². The summed E-state index contributed by atoms with van der Waals surface area (Å²) < 4.78 is 5.01. The number of aromatic nitrogens is 3. The second kappa shape index (κ2) is 5.79. The van der Waals surface area contributed by atoms with Crippen LogP contribution >= 0.6 is 0 Å². The number of esters is 1. The van der Waals surface area contributed by atoms with Crippen LogP contribution in [0, 0.1) is 0 Å². The van der Waals surface area contributed by atoms with E-state index < -0.39 is 0 Å². The summed E-state index contributed by atoms with van der Waals surface area (Å²) >= 11 is 0. The van der Waals surface area contributed by atoms with Gasteiger partial charge in [-0.15, -0.1) is 9.97 Å². The quantitative estimate of drug-likeness (QED) is 0.581. The van der Waals surface area contributed by atoms with Gasteiger partial charge in [-0.05, 0) is 0 Å². The van der Waals surface area contributed by atoms with Crippen molar-refractivity contribution in [1.82, 2.24) is 19.4 Å². The Morgan fingerprint density at radius 1 is 1.26 bits per heavy atom. The molecule has 19 heavy (non-hydrogen) atoms. The van der Waals surface area contributed by atoms with Crippen LogP contribution in [0.5, 0.6) is 0 Å². The van der Waals surface area contributed by atoms with Gasteiger partial charge in [-0.2, -0.15) is 4.98 Å². The number of hydrogen-bond donors (Lipinski definition) is 1. The fourth-order valence-corrected chi connectivity index (χ4v) is 1.16. The monoisotopic (exact) mass is 269 g/mol. The summed E-state index contributed by atoms with van der Waals surface area (Å²) in [6.45, 7) is 0.0178. The van der Waals surface area contributed by atoms with Crippen molar-refractivity contribution in [2.75, 3.05) is 59.1 Å². The summed E-state index contributed by atoms with van der Waals surface area (Å²) in [5, 5.41) is 2.83. The average molecular weight is 269 g/mol. The fraction of sp³-hybridized carbons (Fsp3) is 0.636. The lowest BCUT2D eigenvalue weighted by atomic mass is 10.6. The molecule has 0 aliphatic rings. The zero-order valence-corrected chi connectivity index (χ0v) is 12.3. The molecule has 1 rings (SSSR count). The normalized spacial score (nSPS) is 11.1. The first kappa shape index (κ1) is 15.1. The Kier molecular flexibility index (Phi) is 4.60. The van der Waals surface area contributed by atoms with Crippen LogP contribution in [0.4, 0.5) is 17.8 Å². The number of carbonyl (C=O) groups excluding carboxylic acids is 1. The van der Waals surface area contributed by atoms with Gasteiger partial charge in [-0.1, -0.05) is 0 Å².